The number of alkyl halides is 2. The summed E-state index contributed by atoms with van der Waals surface area (Å²) in [4.78, 5) is 12.3. The van der Waals surface area contributed by atoms with E-state index in [1.54, 1.807) is 0 Å². The van der Waals surface area contributed by atoms with E-state index in [0.29, 0.717) is 31.3 Å². The zero-order valence-corrected chi connectivity index (χ0v) is 24.6. The van der Waals surface area contributed by atoms with Crippen molar-refractivity contribution in [1.82, 2.24) is 0 Å². The van der Waals surface area contributed by atoms with Crippen molar-refractivity contribution in [3.05, 3.63) is 83.0 Å². The van der Waals surface area contributed by atoms with Crippen molar-refractivity contribution in [1.29, 1.82) is 0 Å². The van der Waals surface area contributed by atoms with Crippen LogP contribution in [0.5, 0.6) is 0 Å². The maximum absolute atomic E-state index is 15.4. The van der Waals surface area contributed by atoms with Gasteiger partial charge in [0.2, 0.25) is 0 Å². The highest BCUT2D eigenvalue weighted by molar-refractivity contribution is 5.93. The lowest BCUT2D eigenvalue weighted by Crippen LogP contribution is -2.59. The molecule has 2 fully saturated rings. The molecular formula is C36H46F2O2. The molecule has 216 valence electrons. The molecule has 4 aliphatic carbocycles. The van der Waals surface area contributed by atoms with Gasteiger partial charge >= 0.3 is 0 Å². The molecule has 0 bridgehead atoms. The Hall–Kier alpha value is -2.33. The van der Waals surface area contributed by atoms with Crippen molar-refractivity contribution in [2.24, 2.45) is 17.3 Å². The summed E-state index contributed by atoms with van der Waals surface area (Å²) in [6.45, 7) is 13.8. The summed E-state index contributed by atoms with van der Waals surface area (Å²) in [5.41, 5.74) is 4.36. The van der Waals surface area contributed by atoms with Crippen LogP contribution in [0, 0.1) is 17.3 Å². The Morgan fingerprint density at radius 1 is 1.20 bits per heavy atom. The highest BCUT2D eigenvalue weighted by Gasteiger charge is 2.70. The average molecular weight is 549 g/mol. The molecule has 6 unspecified atom stereocenters. The van der Waals surface area contributed by atoms with E-state index in [4.69, 9.17) is 0 Å². The molecule has 0 aliphatic heterocycles. The monoisotopic (exact) mass is 548 g/mol. The minimum Gasteiger partial charge on any atom is -0.383 e. The van der Waals surface area contributed by atoms with Gasteiger partial charge in [0, 0.05) is 17.8 Å². The highest BCUT2D eigenvalue weighted by Crippen LogP contribution is 2.69. The van der Waals surface area contributed by atoms with Gasteiger partial charge in [0.25, 0.3) is 5.92 Å². The van der Waals surface area contributed by atoms with Crippen molar-refractivity contribution in [3.63, 3.8) is 0 Å². The number of allylic oxidation sites excluding steroid dienone is 5. The molecule has 1 N–H and O–H groups in total. The van der Waals surface area contributed by atoms with Gasteiger partial charge in [-0.05, 0) is 110 Å². The van der Waals surface area contributed by atoms with Crippen LogP contribution >= 0.6 is 0 Å². The molecule has 0 amide bonds. The summed E-state index contributed by atoms with van der Waals surface area (Å²) in [7, 11) is 0. The number of fused-ring (bicyclic) bond motifs is 4. The average Bonchev–Trinajstić information content (AvgIpc) is 3.21. The van der Waals surface area contributed by atoms with Crippen LogP contribution in [0.4, 0.5) is 8.78 Å². The fourth-order valence-corrected chi connectivity index (χ4v) is 8.94. The number of ketones is 1. The van der Waals surface area contributed by atoms with Gasteiger partial charge in [-0.2, -0.15) is 8.78 Å². The van der Waals surface area contributed by atoms with Crippen LogP contribution in [0.1, 0.15) is 114 Å². The molecule has 1 aromatic rings. The molecule has 0 aromatic heterocycles. The number of benzene rings is 1. The number of aliphatic hydroxyl groups is 1. The molecule has 6 atom stereocenters. The second-order valence-electron chi connectivity index (χ2n) is 13.4. The highest BCUT2D eigenvalue weighted by atomic mass is 19.3. The van der Waals surface area contributed by atoms with E-state index in [-0.39, 0.29) is 30.0 Å². The Morgan fingerprint density at radius 3 is 2.58 bits per heavy atom. The molecule has 5 rings (SSSR count). The van der Waals surface area contributed by atoms with Crippen molar-refractivity contribution in [2.45, 2.75) is 115 Å². The predicted octanol–water partition coefficient (Wildman–Crippen LogP) is 9.38. The third-order valence-corrected chi connectivity index (χ3v) is 11.0. The molecule has 0 spiro atoms. The first-order valence-corrected chi connectivity index (χ1v) is 15.4. The topological polar surface area (TPSA) is 37.3 Å². The Kier molecular flexibility index (Phi) is 7.89. The van der Waals surface area contributed by atoms with Crippen LogP contribution < -0.4 is 0 Å². The zero-order valence-electron chi connectivity index (χ0n) is 24.6. The van der Waals surface area contributed by atoms with E-state index >= 15 is 8.78 Å². The third kappa shape index (κ3) is 4.68. The molecule has 2 nitrogen and oxygen atoms in total. The fourth-order valence-electron chi connectivity index (χ4n) is 8.94. The summed E-state index contributed by atoms with van der Waals surface area (Å²) in [6.07, 6.45) is 10.9. The first-order valence-electron chi connectivity index (χ1n) is 15.4. The third-order valence-electron chi connectivity index (χ3n) is 11.0. The van der Waals surface area contributed by atoms with Gasteiger partial charge in [0.15, 0.2) is 5.78 Å². The van der Waals surface area contributed by atoms with Gasteiger partial charge in [-0.1, -0.05) is 68.7 Å². The molecule has 0 heterocycles. The van der Waals surface area contributed by atoms with Crippen molar-refractivity contribution < 1.29 is 18.7 Å². The Labute approximate surface area is 239 Å². The standard InChI is InChI=1S/C36H46F2O2/c1-6-8-9-26(20-23(3)4)24-10-12-25(13-11-24)31-22-34(5)32(18-19-35(34,40)36(37,38)7-2)30-16-14-27-21-28(39)15-17-29(27)33(30)31/h7,10-13,21,26,30-32,40H,2-3,6,8-9,14-20,22H2,1,4-5H3. The van der Waals surface area contributed by atoms with E-state index in [0.717, 1.165) is 49.7 Å². The fraction of sp³-hybridized carbons (Fsp3) is 0.583. The van der Waals surface area contributed by atoms with Crippen LogP contribution in [0.2, 0.25) is 0 Å². The summed E-state index contributed by atoms with van der Waals surface area (Å²) < 4.78 is 30.9. The summed E-state index contributed by atoms with van der Waals surface area (Å²) in [6, 6.07) is 8.88. The molecule has 1 aromatic carbocycles. The van der Waals surface area contributed by atoms with Crippen molar-refractivity contribution in [2.75, 3.05) is 0 Å². The van der Waals surface area contributed by atoms with Crippen molar-refractivity contribution >= 4 is 5.78 Å². The van der Waals surface area contributed by atoms with Crippen LogP contribution in [0.15, 0.2) is 71.9 Å². The number of hydrogen-bond acceptors (Lipinski definition) is 2. The molecule has 0 radical (unpaired) electrons. The Bertz CT molecular complexity index is 1240. The number of carbonyl (C=O) groups excluding carboxylic acids is 1. The largest absolute Gasteiger partial charge is 0.383 e. The Morgan fingerprint density at radius 2 is 1.93 bits per heavy atom. The number of hydrogen-bond donors (Lipinski definition) is 1. The van der Waals surface area contributed by atoms with Gasteiger partial charge in [0.1, 0.15) is 5.60 Å². The zero-order chi connectivity index (χ0) is 28.9. The lowest BCUT2D eigenvalue weighted by atomic mass is 9.50. The number of carbonyl (C=O) groups is 1. The predicted molar refractivity (Wildman–Crippen MR) is 158 cm³/mol. The molecule has 2 saturated carbocycles. The number of halogens is 2. The van der Waals surface area contributed by atoms with E-state index in [2.05, 4.69) is 51.3 Å². The quantitative estimate of drug-likeness (QED) is 0.312. The van der Waals surface area contributed by atoms with Gasteiger partial charge in [-0.25, -0.2) is 0 Å². The van der Waals surface area contributed by atoms with Crippen LogP contribution in [0.3, 0.4) is 0 Å². The van der Waals surface area contributed by atoms with Gasteiger partial charge in [0.05, 0.1) is 0 Å². The van der Waals surface area contributed by atoms with Crippen molar-refractivity contribution in [3.8, 4) is 0 Å². The van der Waals surface area contributed by atoms with Crippen LogP contribution in [-0.4, -0.2) is 22.4 Å². The molecule has 4 aliphatic rings. The normalized spacial score (nSPS) is 32.6. The second-order valence-corrected chi connectivity index (χ2v) is 13.4. The van der Waals surface area contributed by atoms with Crippen LogP contribution in [0.25, 0.3) is 0 Å². The van der Waals surface area contributed by atoms with E-state index in [9.17, 15) is 9.90 Å². The maximum atomic E-state index is 15.4. The number of rotatable bonds is 9. The summed E-state index contributed by atoms with van der Waals surface area (Å²) >= 11 is 0. The summed E-state index contributed by atoms with van der Waals surface area (Å²) in [5, 5.41) is 11.8. The van der Waals surface area contributed by atoms with Crippen LogP contribution in [-0.2, 0) is 4.79 Å². The van der Waals surface area contributed by atoms with Gasteiger partial charge < -0.3 is 5.11 Å². The maximum Gasteiger partial charge on any atom is 0.294 e. The number of unbranched alkanes of at least 4 members (excludes halogenated alkanes) is 1. The second kappa shape index (κ2) is 10.8. The van der Waals surface area contributed by atoms with E-state index < -0.39 is 16.9 Å². The lowest BCUT2D eigenvalue weighted by molar-refractivity contribution is -0.213. The summed E-state index contributed by atoms with van der Waals surface area (Å²) in [5.74, 6) is -2.69. The SMILES string of the molecule is C=CC(F)(F)C1(O)CCC2C3CCC4=CC(=O)CCC4=C3C(c3ccc(C(CCCC)CC(=C)C)cc3)CC21C. The first-order chi connectivity index (χ1) is 19.0. The molecule has 40 heavy (non-hydrogen) atoms. The molecular weight excluding hydrogens is 502 g/mol. The first kappa shape index (κ1) is 29.2. The van der Waals surface area contributed by atoms with Gasteiger partial charge in [-0.3, -0.25) is 4.79 Å². The van der Waals surface area contributed by atoms with Gasteiger partial charge in [-0.15, -0.1) is 6.58 Å². The minimum absolute atomic E-state index is 0.0190. The Balaban J connectivity index is 1.60. The molecule has 4 heteroatoms. The van der Waals surface area contributed by atoms with E-state index in [1.807, 2.05) is 13.0 Å². The molecule has 0 saturated heterocycles. The minimum atomic E-state index is -3.36. The smallest absolute Gasteiger partial charge is 0.294 e. The van der Waals surface area contributed by atoms with E-state index in [1.165, 1.54) is 28.7 Å². The lowest BCUT2D eigenvalue weighted by Gasteiger charge is -2.55.